The van der Waals surface area contributed by atoms with E-state index in [-0.39, 0.29) is 0 Å². The highest BCUT2D eigenvalue weighted by atomic mass is 16.5. The number of methoxy groups -OCH3 is 2. The van der Waals surface area contributed by atoms with E-state index in [1.807, 2.05) is 19.2 Å². The molecule has 0 saturated carbocycles. The van der Waals surface area contributed by atoms with E-state index >= 15 is 0 Å². The van der Waals surface area contributed by atoms with Crippen LogP contribution in [0.15, 0.2) is 36.8 Å². The molecule has 0 fully saturated rings. The third-order valence-electron chi connectivity index (χ3n) is 4.02. The molecule has 0 radical (unpaired) electrons. The molecule has 0 unspecified atom stereocenters. The van der Waals surface area contributed by atoms with Gasteiger partial charge in [-0.2, -0.15) is 0 Å². The average molecular weight is 353 g/mol. The number of hydrogen-bond donors (Lipinski definition) is 1. The molecule has 0 bridgehead atoms. The van der Waals surface area contributed by atoms with E-state index in [4.69, 9.17) is 9.47 Å². The van der Waals surface area contributed by atoms with E-state index in [9.17, 15) is 0 Å². The molecule has 7 nitrogen and oxygen atoms in total. The molecule has 0 atom stereocenters. The summed E-state index contributed by atoms with van der Waals surface area (Å²) in [7, 11) is 5.31. The standard InChI is InChI=1S/C19H23N5O2/c1-13-9-20-18(23-13)11-24(2)10-14-5-6-17(25-3)15(7-14)16-8-19(26-4)22-12-21-16/h5-9,12H,10-11H2,1-4H3,(H,20,23). The first kappa shape index (κ1) is 17.9. The molecule has 0 saturated heterocycles. The van der Waals surface area contributed by atoms with Crippen LogP contribution in [0.3, 0.4) is 0 Å². The van der Waals surface area contributed by atoms with Gasteiger partial charge in [0.1, 0.15) is 17.9 Å². The van der Waals surface area contributed by atoms with Crippen LogP contribution in [-0.2, 0) is 13.1 Å². The summed E-state index contributed by atoms with van der Waals surface area (Å²) < 4.78 is 10.7. The molecule has 7 heteroatoms. The molecule has 2 aromatic heterocycles. The maximum absolute atomic E-state index is 5.50. The second kappa shape index (κ2) is 7.97. The van der Waals surface area contributed by atoms with Gasteiger partial charge in [0.25, 0.3) is 0 Å². The number of H-pyrrole nitrogens is 1. The number of nitrogens with one attached hydrogen (secondary N) is 1. The first-order valence-corrected chi connectivity index (χ1v) is 8.31. The van der Waals surface area contributed by atoms with Crippen LogP contribution < -0.4 is 9.47 Å². The van der Waals surface area contributed by atoms with Gasteiger partial charge in [0.15, 0.2) is 0 Å². The van der Waals surface area contributed by atoms with Crippen LogP contribution in [0.1, 0.15) is 17.1 Å². The third-order valence-corrected chi connectivity index (χ3v) is 4.02. The molecular weight excluding hydrogens is 330 g/mol. The molecule has 0 aliphatic carbocycles. The van der Waals surface area contributed by atoms with Crippen molar-refractivity contribution in [1.29, 1.82) is 0 Å². The van der Waals surface area contributed by atoms with Gasteiger partial charge in [0.2, 0.25) is 5.88 Å². The smallest absolute Gasteiger partial charge is 0.216 e. The molecule has 26 heavy (non-hydrogen) atoms. The fourth-order valence-electron chi connectivity index (χ4n) is 2.82. The van der Waals surface area contributed by atoms with Gasteiger partial charge in [-0.1, -0.05) is 6.07 Å². The van der Waals surface area contributed by atoms with Crippen LogP contribution >= 0.6 is 0 Å². The van der Waals surface area contributed by atoms with Crippen LogP contribution in [-0.4, -0.2) is 46.1 Å². The number of rotatable bonds is 7. The Morgan fingerprint density at radius 3 is 2.58 bits per heavy atom. The molecule has 0 amide bonds. The lowest BCUT2D eigenvalue weighted by Gasteiger charge is -2.17. The van der Waals surface area contributed by atoms with Gasteiger partial charge in [0, 0.05) is 30.1 Å². The highest BCUT2D eigenvalue weighted by molar-refractivity contribution is 5.68. The van der Waals surface area contributed by atoms with Crippen molar-refractivity contribution in [3.63, 3.8) is 0 Å². The molecule has 3 aromatic rings. The molecule has 1 aromatic carbocycles. The lowest BCUT2D eigenvalue weighted by Crippen LogP contribution is -2.18. The zero-order valence-electron chi connectivity index (χ0n) is 15.5. The second-order valence-electron chi connectivity index (χ2n) is 6.17. The van der Waals surface area contributed by atoms with Crippen molar-refractivity contribution in [1.82, 2.24) is 24.8 Å². The van der Waals surface area contributed by atoms with Crippen LogP contribution in [0.4, 0.5) is 0 Å². The van der Waals surface area contributed by atoms with E-state index in [1.54, 1.807) is 20.3 Å². The number of aromatic nitrogens is 4. The average Bonchev–Trinajstić information content (AvgIpc) is 3.06. The number of aryl methyl sites for hydroxylation is 1. The van der Waals surface area contributed by atoms with Gasteiger partial charge in [-0.05, 0) is 31.7 Å². The number of nitrogens with zero attached hydrogens (tertiary/aromatic N) is 4. The summed E-state index contributed by atoms with van der Waals surface area (Å²) in [4.78, 5) is 18.2. The highest BCUT2D eigenvalue weighted by Gasteiger charge is 2.12. The van der Waals surface area contributed by atoms with Crippen molar-refractivity contribution in [2.45, 2.75) is 20.0 Å². The summed E-state index contributed by atoms with van der Waals surface area (Å²) in [6.45, 7) is 3.53. The molecule has 136 valence electrons. The summed E-state index contributed by atoms with van der Waals surface area (Å²) in [6, 6.07) is 7.91. The van der Waals surface area contributed by atoms with Crippen molar-refractivity contribution in [3.8, 4) is 22.9 Å². The minimum absolute atomic E-state index is 0.521. The SMILES string of the molecule is COc1cc(-c2cc(CN(C)Cc3ncc(C)[nH]3)ccc2OC)ncn1. The Labute approximate surface area is 153 Å². The van der Waals surface area contributed by atoms with Crippen molar-refractivity contribution in [3.05, 3.63) is 53.9 Å². The van der Waals surface area contributed by atoms with Crippen LogP contribution in [0.2, 0.25) is 0 Å². The van der Waals surface area contributed by atoms with E-state index in [0.717, 1.165) is 47.2 Å². The maximum Gasteiger partial charge on any atom is 0.216 e. The summed E-state index contributed by atoms with van der Waals surface area (Å²) in [5.74, 6) is 2.24. The number of imidazole rings is 1. The summed E-state index contributed by atoms with van der Waals surface area (Å²) in [6.07, 6.45) is 3.34. The van der Waals surface area contributed by atoms with E-state index in [2.05, 4.69) is 44.0 Å². The predicted molar refractivity (Wildman–Crippen MR) is 99.1 cm³/mol. The zero-order valence-corrected chi connectivity index (χ0v) is 15.5. The van der Waals surface area contributed by atoms with E-state index < -0.39 is 0 Å². The second-order valence-corrected chi connectivity index (χ2v) is 6.17. The monoisotopic (exact) mass is 353 g/mol. The predicted octanol–water partition coefficient (Wildman–Crippen LogP) is 2.82. The largest absolute Gasteiger partial charge is 0.496 e. The maximum atomic E-state index is 5.50. The van der Waals surface area contributed by atoms with E-state index in [0.29, 0.717) is 5.88 Å². The molecule has 2 heterocycles. The Kier molecular flexibility index (Phi) is 5.48. The number of aromatic amines is 1. The van der Waals surface area contributed by atoms with Gasteiger partial charge in [0.05, 0.1) is 26.5 Å². The first-order valence-electron chi connectivity index (χ1n) is 8.31. The fourth-order valence-corrected chi connectivity index (χ4v) is 2.82. The lowest BCUT2D eigenvalue weighted by molar-refractivity contribution is 0.311. The third kappa shape index (κ3) is 4.18. The molecule has 0 spiro atoms. The Balaban J connectivity index is 1.82. The normalized spacial score (nSPS) is 11.0. The molecule has 0 aliphatic rings. The lowest BCUT2D eigenvalue weighted by atomic mass is 10.1. The van der Waals surface area contributed by atoms with Gasteiger partial charge < -0.3 is 14.5 Å². The Morgan fingerprint density at radius 1 is 1.04 bits per heavy atom. The van der Waals surface area contributed by atoms with Crippen molar-refractivity contribution in [2.75, 3.05) is 21.3 Å². The quantitative estimate of drug-likeness (QED) is 0.704. The van der Waals surface area contributed by atoms with Gasteiger partial charge in [-0.15, -0.1) is 0 Å². The van der Waals surface area contributed by atoms with Crippen molar-refractivity contribution >= 4 is 0 Å². The Morgan fingerprint density at radius 2 is 1.88 bits per heavy atom. The van der Waals surface area contributed by atoms with Gasteiger partial charge in [-0.3, -0.25) is 4.90 Å². The molecule has 0 aliphatic heterocycles. The minimum atomic E-state index is 0.521. The van der Waals surface area contributed by atoms with Crippen molar-refractivity contribution < 1.29 is 9.47 Å². The van der Waals surface area contributed by atoms with Crippen molar-refractivity contribution in [2.24, 2.45) is 0 Å². The minimum Gasteiger partial charge on any atom is -0.496 e. The Bertz CT molecular complexity index is 878. The van der Waals surface area contributed by atoms with E-state index in [1.165, 1.54) is 6.33 Å². The fraction of sp³-hybridized carbons (Fsp3) is 0.316. The van der Waals surface area contributed by atoms with Crippen LogP contribution in [0.25, 0.3) is 11.3 Å². The van der Waals surface area contributed by atoms with Crippen LogP contribution in [0.5, 0.6) is 11.6 Å². The topological polar surface area (TPSA) is 76.2 Å². The Hall–Kier alpha value is -2.93. The first-order chi connectivity index (χ1) is 12.6. The molecule has 1 N–H and O–H groups in total. The van der Waals surface area contributed by atoms with Gasteiger partial charge >= 0.3 is 0 Å². The van der Waals surface area contributed by atoms with Gasteiger partial charge in [-0.25, -0.2) is 15.0 Å². The summed E-state index contributed by atoms with van der Waals surface area (Å²) in [5, 5.41) is 0. The summed E-state index contributed by atoms with van der Waals surface area (Å²) >= 11 is 0. The zero-order chi connectivity index (χ0) is 18.5. The number of hydrogen-bond acceptors (Lipinski definition) is 6. The molecular formula is C19H23N5O2. The van der Waals surface area contributed by atoms with Crippen LogP contribution in [0, 0.1) is 6.92 Å². The highest BCUT2D eigenvalue weighted by Crippen LogP contribution is 2.31. The molecule has 3 rings (SSSR count). The number of ether oxygens (including phenoxy) is 2. The summed E-state index contributed by atoms with van der Waals surface area (Å²) in [5.41, 5.74) is 3.90. The number of benzene rings is 1.